The molecule has 2 saturated heterocycles. The number of halogens is 1. The van der Waals surface area contributed by atoms with E-state index >= 15 is 0 Å². The zero-order chi connectivity index (χ0) is 16.1. The Hall–Kier alpha value is -0.190. The van der Waals surface area contributed by atoms with Crippen LogP contribution in [0.4, 0.5) is 4.39 Å². The first-order valence-corrected chi connectivity index (χ1v) is 9.18. The fraction of sp³-hybridized carbons (Fsp3) is 1.00. The molecule has 0 aliphatic carbocycles. The highest BCUT2D eigenvalue weighted by molar-refractivity contribution is 4.84. The summed E-state index contributed by atoms with van der Waals surface area (Å²) in [5.74, 6) is 1.33. The predicted octanol–water partition coefficient (Wildman–Crippen LogP) is 3.19. The van der Waals surface area contributed by atoms with Gasteiger partial charge in [-0.3, -0.25) is 4.90 Å². The van der Waals surface area contributed by atoms with Gasteiger partial charge in [-0.2, -0.15) is 0 Å². The summed E-state index contributed by atoms with van der Waals surface area (Å²) in [7, 11) is 0. The maximum absolute atomic E-state index is 14.4. The maximum atomic E-state index is 14.4. The minimum Gasteiger partial charge on any atom is -0.372 e. The molecule has 2 heterocycles. The highest BCUT2D eigenvalue weighted by atomic mass is 19.1. The van der Waals surface area contributed by atoms with Crippen LogP contribution in [0.5, 0.6) is 0 Å². The molecule has 22 heavy (non-hydrogen) atoms. The van der Waals surface area contributed by atoms with Crippen molar-refractivity contribution in [2.75, 3.05) is 39.3 Å². The van der Waals surface area contributed by atoms with Crippen LogP contribution in [0.3, 0.4) is 0 Å². The van der Waals surface area contributed by atoms with Crippen molar-refractivity contribution in [1.29, 1.82) is 0 Å². The predicted molar refractivity (Wildman–Crippen MR) is 90.0 cm³/mol. The van der Waals surface area contributed by atoms with Crippen LogP contribution in [-0.4, -0.2) is 67.4 Å². The number of likely N-dealkylation sites (tertiary alicyclic amines) is 2. The van der Waals surface area contributed by atoms with Gasteiger partial charge in [0, 0.05) is 39.3 Å². The van der Waals surface area contributed by atoms with Crippen molar-refractivity contribution in [2.24, 2.45) is 11.8 Å². The minimum absolute atomic E-state index is 0.176. The zero-order valence-corrected chi connectivity index (χ0v) is 14.9. The molecule has 2 fully saturated rings. The van der Waals surface area contributed by atoms with Gasteiger partial charge in [-0.15, -0.1) is 0 Å². The topological polar surface area (TPSA) is 15.7 Å². The maximum Gasteiger partial charge on any atom is 0.139 e. The Morgan fingerprint density at radius 1 is 0.909 bits per heavy atom. The van der Waals surface area contributed by atoms with Gasteiger partial charge in [-0.05, 0) is 31.1 Å². The second kappa shape index (κ2) is 8.60. The van der Waals surface area contributed by atoms with Crippen LogP contribution < -0.4 is 0 Å². The molecule has 130 valence electrons. The molecule has 0 aromatic carbocycles. The van der Waals surface area contributed by atoms with Gasteiger partial charge in [0.2, 0.25) is 0 Å². The van der Waals surface area contributed by atoms with Crippen LogP contribution in [0, 0.1) is 11.8 Å². The van der Waals surface area contributed by atoms with E-state index in [0.29, 0.717) is 12.5 Å². The molecule has 2 aliphatic rings. The first kappa shape index (κ1) is 18.2. The summed E-state index contributed by atoms with van der Waals surface area (Å²) in [6.07, 6.45) is 2.24. The SMILES string of the molecule is CC(C)CN1CCC(OC2CCN(CC(C)C)CC2F)CC1. The van der Waals surface area contributed by atoms with E-state index in [4.69, 9.17) is 4.74 Å². The van der Waals surface area contributed by atoms with Crippen molar-refractivity contribution in [3.05, 3.63) is 0 Å². The Balaban J connectivity index is 1.69. The molecule has 3 nitrogen and oxygen atoms in total. The Kier molecular flexibility index (Phi) is 7.10. The number of hydrogen-bond acceptors (Lipinski definition) is 3. The lowest BCUT2D eigenvalue weighted by Crippen LogP contribution is -2.49. The van der Waals surface area contributed by atoms with Crippen LogP contribution >= 0.6 is 0 Å². The highest BCUT2D eigenvalue weighted by Crippen LogP contribution is 2.23. The monoisotopic (exact) mass is 314 g/mol. The number of ether oxygens (including phenoxy) is 1. The molecule has 2 atom stereocenters. The third-order valence-corrected chi connectivity index (χ3v) is 4.71. The summed E-state index contributed by atoms with van der Waals surface area (Å²) in [6, 6.07) is 0. The average Bonchev–Trinajstić information content (AvgIpc) is 2.42. The van der Waals surface area contributed by atoms with E-state index in [1.807, 2.05) is 0 Å². The normalized spacial score (nSPS) is 29.6. The lowest BCUT2D eigenvalue weighted by Gasteiger charge is -2.39. The number of alkyl halides is 1. The van der Waals surface area contributed by atoms with E-state index < -0.39 is 6.17 Å². The molecule has 0 bridgehead atoms. The second-order valence-corrected chi connectivity index (χ2v) is 8.03. The fourth-order valence-corrected chi connectivity index (χ4v) is 3.77. The standard InChI is InChI=1S/C18H35FN2O/c1-14(2)11-20-8-5-16(6-9-20)22-18-7-10-21(12-15(3)4)13-17(18)19/h14-18H,5-13H2,1-4H3. The second-order valence-electron chi connectivity index (χ2n) is 8.03. The van der Waals surface area contributed by atoms with E-state index in [1.54, 1.807) is 0 Å². The Labute approximate surface area is 136 Å². The number of hydrogen-bond donors (Lipinski definition) is 0. The van der Waals surface area contributed by atoms with Gasteiger partial charge in [0.1, 0.15) is 6.17 Å². The van der Waals surface area contributed by atoms with Gasteiger partial charge in [0.25, 0.3) is 0 Å². The van der Waals surface area contributed by atoms with Crippen molar-refractivity contribution in [3.8, 4) is 0 Å². The molecule has 2 unspecified atom stereocenters. The third kappa shape index (κ3) is 5.78. The summed E-state index contributed by atoms with van der Waals surface area (Å²) in [5.41, 5.74) is 0. The molecule has 0 saturated carbocycles. The molecule has 2 rings (SSSR count). The lowest BCUT2D eigenvalue weighted by molar-refractivity contribution is -0.0997. The zero-order valence-electron chi connectivity index (χ0n) is 14.9. The van der Waals surface area contributed by atoms with Crippen molar-refractivity contribution in [2.45, 2.75) is 65.3 Å². The molecule has 0 spiro atoms. The molecule has 0 aromatic heterocycles. The van der Waals surface area contributed by atoms with Crippen molar-refractivity contribution in [3.63, 3.8) is 0 Å². The molecule has 2 aliphatic heterocycles. The van der Waals surface area contributed by atoms with E-state index in [9.17, 15) is 4.39 Å². The van der Waals surface area contributed by atoms with E-state index in [0.717, 1.165) is 51.4 Å². The van der Waals surface area contributed by atoms with Gasteiger partial charge in [0.05, 0.1) is 12.2 Å². The first-order valence-electron chi connectivity index (χ1n) is 9.18. The van der Waals surface area contributed by atoms with Crippen molar-refractivity contribution >= 4 is 0 Å². The van der Waals surface area contributed by atoms with Crippen LogP contribution in [-0.2, 0) is 4.74 Å². The van der Waals surface area contributed by atoms with Crippen LogP contribution in [0.2, 0.25) is 0 Å². The van der Waals surface area contributed by atoms with E-state index in [1.165, 1.54) is 6.54 Å². The van der Waals surface area contributed by atoms with Crippen LogP contribution in [0.25, 0.3) is 0 Å². The summed E-state index contributed by atoms with van der Waals surface area (Å²) in [6.45, 7) is 14.8. The molecular weight excluding hydrogens is 279 g/mol. The third-order valence-electron chi connectivity index (χ3n) is 4.71. The fourth-order valence-electron chi connectivity index (χ4n) is 3.77. The molecule has 0 radical (unpaired) electrons. The number of piperidine rings is 2. The minimum atomic E-state index is -0.818. The largest absolute Gasteiger partial charge is 0.372 e. The summed E-state index contributed by atoms with van der Waals surface area (Å²) >= 11 is 0. The molecular formula is C18H35FN2O. The Morgan fingerprint density at radius 3 is 2.00 bits per heavy atom. The lowest BCUT2D eigenvalue weighted by atomic mass is 10.0. The summed E-state index contributed by atoms with van der Waals surface area (Å²) in [4.78, 5) is 4.77. The highest BCUT2D eigenvalue weighted by Gasteiger charge is 2.32. The number of rotatable bonds is 6. The quantitative estimate of drug-likeness (QED) is 0.749. The summed E-state index contributed by atoms with van der Waals surface area (Å²) in [5, 5.41) is 0. The van der Waals surface area contributed by atoms with Gasteiger partial charge >= 0.3 is 0 Å². The van der Waals surface area contributed by atoms with Gasteiger partial charge in [-0.1, -0.05) is 27.7 Å². The molecule has 0 amide bonds. The molecule has 0 N–H and O–H groups in total. The molecule has 0 aromatic rings. The Morgan fingerprint density at radius 2 is 1.45 bits per heavy atom. The van der Waals surface area contributed by atoms with Crippen molar-refractivity contribution in [1.82, 2.24) is 9.80 Å². The average molecular weight is 314 g/mol. The van der Waals surface area contributed by atoms with E-state index in [-0.39, 0.29) is 12.2 Å². The summed E-state index contributed by atoms with van der Waals surface area (Å²) < 4.78 is 20.5. The van der Waals surface area contributed by atoms with Gasteiger partial charge in [0.15, 0.2) is 0 Å². The van der Waals surface area contributed by atoms with Gasteiger partial charge < -0.3 is 9.64 Å². The van der Waals surface area contributed by atoms with Crippen molar-refractivity contribution < 1.29 is 9.13 Å². The Bertz CT molecular complexity index is 316. The van der Waals surface area contributed by atoms with E-state index in [2.05, 4.69) is 37.5 Å². The smallest absolute Gasteiger partial charge is 0.139 e. The van der Waals surface area contributed by atoms with Crippen LogP contribution in [0.15, 0.2) is 0 Å². The first-order chi connectivity index (χ1) is 10.4. The molecule has 4 heteroatoms. The van der Waals surface area contributed by atoms with Gasteiger partial charge in [-0.25, -0.2) is 4.39 Å². The van der Waals surface area contributed by atoms with Crippen LogP contribution in [0.1, 0.15) is 47.0 Å². The number of nitrogens with zero attached hydrogens (tertiary/aromatic N) is 2.